The summed E-state index contributed by atoms with van der Waals surface area (Å²) in [5.74, 6) is 0.502. The summed E-state index contributed by atoms with van der Waals surface area (Å²) in [6.07, 6.45) is 4.58. The molecule has 4 heteroatoms. The van der Waals surface area contributed by atoms with Crippen LogP contribution in [0.4, 0.5) is 0 Å². The summed E-state index contributed by atoms with van der Waals surface area (Å²) in [7, 11) is 3.69. The summed E-state index contributed by atoms with van der Waals surface area (Å²) in [6.45, 7) is 0. The van der Waals surface area contributed by atoms with Crippen molar-refractivity contribution in [2.24, 2.45) is 0 Å². The number of hydrogen-bond acceptors (Lipinski definition) is 4. The molecule has 0 unspecified atom stereocenters. The van der Waals surface area contributed by atoms with Gasteiger partial charge in [0, 0.05) is 31.9 Å². The molecule has 18 heavy (non-hydrogen) atoms. The smallest absolute Gasteiger partial charge is 0.226 e. The van der Waals surface area contributed by atoms with Crippen molar-refractivity contribution >= 4 is 5.78 Å². The van der Waals surface area contributed by atoms with Crippen LogP contribution in [0.3, 0.4) is 0 Å². The fourth-order valence-electron chi connectivity index (χ4n) is 1.40. The van der Waals surface area contributed by atoms with Crippen LogP contribution in [0.2, 0.25) is 0 Å². The minimum atomic E-state index is -0.196. The average Bonchev–Trinajstić information content (AvgIpc) is 2.86. The van der Waals surface area contributed by atoms with Crippen molar-refractivity contribution in [2.75, 3.05) is 14.1 Å². The number of rotatable bonds is 4. The van der Waals surface area contributed by atoms with Gasteiger partial charge in [0.1, 0.15) is 0 Å². The third kappa shape index (κ3) is 2.85. The first kappa shape index (κ1) is 12.1. The van der Waals surface area contributed by atoms with Gasteiger partial charge in [-0.2, -0.15) is 0 Å². The first-order valence-electron chi connectivity index (χ1n) is 5.57. The highest BCUT2D eigenvalue weighted by molar-refractivity contribution is 6.02. The molecule has 0 amide bonds. The summed E-state index contributed by atoms with van der Waals surface area (Å²) in [5.41, 5.74) is 0.855. The van der Waals surface area contributed by atoms with Crippen molar-refractivity contribution < 1.29 is 9.21 Å². The average molecular weight is 242 g/mol. The molecular weight excluding hydrogens is 228 g/mol. The molecule has 0 bridgehead atoms. The van der Waals surface area contributed by atoms with E-state index in [1.807, 2.05) is 44.4 Å². The van der Waals surface area contributed by atoms with Gasteiger partial charge in [0.15, 0.2) is 5.76 Å². The Morgan fingerprint density at radius 2 is 2.00 bits per heavy atom. The van der Waals surface area contributed by atoms with E-state index in [0.29, 0.717) is 5.89 Å². The van der Waals surface area contributed by atoms with Crippen LogP contribution in [0.15, 0.2) is 53.2 Å². The maximum absolute atomic E-state index is 11.7. The van der Waals surface area contributed by atoms with Crippen LogP contribution in [-0.2, 0) is 0 Å². The van der Waals surface area contributed by atoms with E-state index in [9.17, 15) is 4.79 Å². The quantitative estimate of drug-likeness (QED) is 0.610. The molecule has 1 aromatic heterocycles. The van der Waals surface area contributed by atoms with E-state index < -0.39 is 0 Å². The van der Waals surface area contributed by atoms with E-state index in [1.54, 1.807) is 11.1 Å². The number of carbonyl (C=O) groups excluding carboxylic acids is 1. The van der Waals surface area contributed by atoms with Crippen molar-refractivity contribution in [2.45, 2.75) is 0 Å². The Morgan fingerprint density at radius 1 is 1.28 bits per heavy atom. The lowest BCUT2D eigenvalue weighted by molar-refractivity contribution is 0.102. The van der Waals surface area contributed by atoms with Gasteiger partial charge in [-0.25, -0.2) is 4.98 Å². The molecule has 0 fully saturated rings. The number of benzene rings is 1. The Bertz CT molecular complexity index is 556. The second kappa shape index (κ2) is 5.31. The van der Waals surface area contributed by atoms with Gasteiger partial charge < -0.3 is 9.32 Å². The minimum absolute atomic E-state index is 0.196. The third-order valence-electron chi connectivity index (χ3n) is 2.29. The Balaban J connectivity index is 2.19. The molecule has 0 saturated heterocycles. The predicted molar refractivity (Wildman–Crippen MR) is 69.1 cm³/mol. The molecule has 1 heterocycles. The van der Waals surface area contributed by atoms with Gasteiger partial charge in [0.25, 0.3) is 0 Å². The lowest BCUT2D eigenvalue weighted by atomic mass is 10.2. The summed E-state index contributed by atoms with van der Waals surface area (Å²) in [4.78, 5) is 17.6. The number of aromatic nitrogens is 1. The first-order chi connectivity index (χ1) is 8.66. The molecule has 0 N–H and O–H groups in total. The highest BCUT2D eigenvalue weighted by Gasteiger charge is 2.10. The molecule has 0 spiro atoms. The molecule has 0 radical (unpaired) electrons. The van der Waals surface area contributed by atoms with Gasteiger partial charge in [0.2, 0.25) is 11.7 Å². The normalized spacial score (nSPS) is 10.8. The summed E-state index contributed by atoms with van der Waals surface area (Å²) < 4.78 is 5.43. The van der Waals surface area contributed by atoms with Crippen molar-refractivity contribution in [3.63, 3.8) is 0 Å². The van der Waals surface area contributed by atoms with Gasteiger partial charge in [-0.05, 0) is 12.1 Å². The Morgan fingerprint density at radius 3 is 2.67 bits per heavy atom. The van der Waals surface area contributed by atoms with Gasteiger partial charge >= 0.3 is 0 Å². The van der Waals surface area contributed by atoms with E-state index in [1.165, 1.54) is 12.3 Å². The summed E-state index contributed by atoms with van der Waals surface area (Å²) >= 11 is 0. The van der Waals surface area contributed by atoms with Crippen LogP contribution >= 0.6 is 0 Å². The van der Waals surface area contributed by atoms with Gasteiger partial charge in [-0.1, -0.05) is 18.2 Å². The predicted octanol–water partition coefficient (Wildman–Crippen LogP) is 2.60. The second-order valence-corrected chi connectivity index (χ2v) is 4.04. The zero-order chi connectivity index (χ0) is 13.0. The maximum atomic E-state index is 11.7. The van der Waals surface area contributed by atoms with Crippen LogP contribution < -0.4 is 0 Å². The largest absolute Gasteiger partial charge is 0.433 e. The maximum Gasteiger partial charge on any atom is 0.226 e. The number of hydrogen-bond donors (Lipinski definition) is 0. The monoisotopic (exact) mass is 242 g/mol. The Kier molecular flexibility index (Phi) is 3.57. The molecule has 0 atom stereocenters. The van der Waals surface area contributed by atoms with E-state index >= 15 is 0 Å². The topological polar surface area (TPSA) is 46.3 Å². The highest BCUT2D eigenvalue weighted by atomic mass is 16.4. The highest BCUT2D eigenvalue weighted by Crippen LogP contribution is 2.18. The molecule has 2 rings (SSSR count). The van der Waals surface area contributed by atoms with Crippen LogP contribution in [0.25, 0.3) is 11.5 Å². The SMILES string of the molecule is CN(C)/C=C/C(=O)c1cnc(-c2ccccc2)o1. The Labute approximate surface area is 106 Å². The molecule has 0 aliphatic carbocycles. The van der Waals surface area contributed by atoms with Crippen LogP contribution in [0.5, 0.6) is 0 Å². The summed E-state index contributed by atoms with van der Waals surface area (Å²) in [6, 6.07) is 9.48. The fourth-order valence-corrected chi connectivity index (χ4v) is 1.40. The number of allylic oxidation sites excluding steroid dienone is 1. The van der Waals surface area contributed by atoms with Crippen molar-refractivity contribution in [1.29, 1.82) is 0 Å². The third-order valence-corrected chi connectivity index (χ3v) is 2.29. The van der Waals surface area contributed by atoms with Crippen molar-refractivity contribution in [3.05, 3.63) is 54.6 Å². The minimum Gasteiger partial charge on any atom is -0.433 e. The number of carbonyl (C=O) groups is 1. The molecule has 4 nitrogen and oxygen atoms in total. The number of ketones is 1. The van der Waals surface area contributed by atoms with Crippen LogP contribution in [0, 0.1) is 0 Å². The van der Waals surface area contributed by atoms with Gasteiger partial charge in [-0.3, -0.25) is 4.79 Å². The first-order valence-corrected chi connectivity index (χ1v) is 5.57. The molecule has 92 valence electrons. The zero-order valence-corrected chi connectivity index (χ0v) is 10.3. The standard InChI is InChI=1S/C14H14N2O2/c1-16(2)9-8-12(17)13-10-15-14(18-13)11-6-4-3-5-7-11/h3-10H,1-2H3/b9-8+. The van der Waals surface area contributed by atoms with Crippen LogP contribution in [0.1, 0.15) is 10.6 Å². The zero-order valence-electron chi connectivity index (χ0n) is 10.3. The van der Waals surface area contributed by atoms with Gasteiger partial charge in [-0.15, -0.1) is 0 Å². The Hall–Kier alpha value is -2.36. The lowest BCUT2D eigenvalue weighted by Gasteiger charge is -2.01. The summed E-state index contributed by atoms with van der Waals surface area (Å²) in [5, 5.41) is 0. The molecule has 2 aromatic rings. The van der Waals surface area contributed by atoms with Gasteiger partial charge in [0.05, 0.1) is 6.20 Å². The van der Waals surface area contributed by atoms with E-state index in [-0.39, 0.29) is 11.5 Å². The molecule has 0 saturated carbocycles. The molecular formula is C14H14N2O2. The number of nitrogens with zero attached hydrogens (tertiary/aromatic N) is 2. The van der Waals surface area contributed by atoms with Crippen molar-refractivity contribution in [1.82, 2.24) is 9.88 Å². The van der Waals surface area contributed by atoms with Crippen molar-refractivity contribution in [3.8, 4) is 11.5 Å². The second-order valence-electron chi connectivity index (χ2n) is 4.04. The molecule has 0 aliphatic heterocycles. The lowest BCUT2D eigenvalue weighted by Crippen LogP contribution is -2.02. The van der Waals surface area contributed by atoms with Crippen LogP contribution in [-0.4, -0.2) is 29.8 Å². The van der Waals surface area contributed by atoms with E-state index in [0.717, 1.165) is 5.56 Å². The fraction of sp³-hybridized carbons (Fsp3) is 0.143. The van der Waals surface area contributed by atoms with E-state index in [2.05, 4.69) is 4.98 Å². The molecule has 0 aliphatic rings. The number of oxazole rings is 1. The molecule has 1 aromatic carbocycles. The van der Waals surface area contributed by atoms with E-state index in [4.69, 9.17) is 4.42 Å².